The second kappa shape index (κ2) is 9.01. The average molecular weight is 498 g/mol. The van der Waals surface area contributed by atoms with Gasteiger partial charge in [0, 0.05) is 0 Å². The molecule has 0 spiro atoms. The monoisotopic (exact) mass is 497 g/mol. The van der Waals surface area contributed by atoms with Gasteiger partial charge in [0.05, 0.1) is 28.9 Å². The summed E-state index contributed by atoms with van der Waals surface area (Å²) in [5.74, 6) is -1.37. The number of rotatable bonds is 8. The van der Waals surface area contributed by atoms with Gasteiger partial charge in [-0.05, 0) is 57.9 Å². The Morgan fingerprint density at radius 3 is 2.31 bits per heavy atom. The van der Waals surface area contributed by atoms with Crippen LogP contribution in [-0.4, -0.2) is 33.0 Å². The van der Waals surface area contributed by atoms with Crippen molar-refractivity contribution < 1.29 is 41.0 Å². The Balaban J connectivity index is 2.29. The Hall–Kier alpha value is -2.31. The number of benzene rings is 2. The van der Waals surface area contributed by atoms with Crippen molar-refractivity contribution in [3.05, 3.63) is 52.5 Å². The Labute approximate surface area is 172 Å². The van der Waals surface area contributed by atoms with Crippen LogP contribution in [0.25, 0.3) is 0 Å². The highest BCUT2D eigenvalue weighted by molar-refractivity contribution is 9.10. The van der Waals surface area contributed by atoms with Gasteiger partial charge in [0.15, 0.2) is 0 Å². The largest absolute Gasteiger partial charge is 0.573 e. The number of methoxy groups -OCH3 is 1. The second-order valence-corrected chi connectivity index (χ2v) is 8.25. The summed E-state index contributed by atoms with van der Waals surface area (Å²) in [5, 5.41) is 9.13. The lowest BCUT2D eigenvalue weighted by atomic mass is 10.0. The van der Waals surface area contributed by atoms with Crippen molar-refractivity contribution in [3.8, 4) is 11.5 Å². The highest BCUT2D eigenvalue weighted by Gasteiger charge is 2.31. The van der Waals surface area contributed by atoms with E-state index in [1.807, 2.05) is 0 Å². The van der Waals surface area contributed by atoms with Crippen LogP contribution >= 0.6 is 15.9 Å². The molecule has 0 bridgehead atoms. The molecule has 0 saturated heterocycles. The molecule has 0 fully saturated rings. The van der Waals surface area contributed by atoms with Crippen molar-refractivity contribution in [3.63, 3.8) is 0 Å². The van der Waals surface area contributed by atoms with E-state index in [1.54, 1.807) is 0 Å². The van der Waals surface area contributed by atoms with Crippen LogP contribution in [-0.2, 0) is 14.8 Å². The fraction of sp³-hybridized carbons (Fsp3) is 0.235. The summed E-state index contributed by atoms with van der Waals surface area (Å²) in [6.45, 7) is 0. The third-order valence-electron chi connectivity index (χ3n) is 3.62. The number of ether oxygens (including phenoxy) is 2. The predicted molar refractivity (Wildman–Crippen MR) is 99.1 cm³/mol. The molecule has 0 aliphatic rings. The molecule has 12 heteroatoms. The fourth-order valence-electron chi connectivity index (χ4n) is 2.38. The summed E-state index contributed by atoms with van der Waals surface area (Å²) >= 11 is 3.24. The van der Waals surface area contributed by atoms with Crippen LogP contribution in [0.1, 0.15) is 18.0 Å². The minimum atomic E-state index is -4.91. The van der Waals surface area contributed by atoms with Gasteiger partial charge in [-0.3, -0.25) is 4.79 Å². The first-order chi connectivity index (χ1) is 13.4. The maximum atomic E-state index is 12.6. The number of halogens is 4. The molecule has 7 nitrogen and oxygen atoms in total. The summed E-state index contributed by atoms with van der Waals surface area (Å²) in [4.78, 5) is 10.8. The molecule has 2 rings (SSSR count). The van der Waals surface area contributed by atoms with Gasteiger partial charge in [0.2, 0.25) is 10.0 Å². The van der Waals surface area contributed by atoms with Gasteiger partial charge < -0.3 is 14.6 Å². The van der Waals surface area contributed by atoms with Crippen molar-refractivity contribution in [2.24, 2.45) is 0 Å². The molecule has 1 unspecified atom stereocenters. The first-order valence-electron chi connectivity index (χ1n) is 7.84. The van der Waals surface area contributed by atoms with Crippen LogP contribution in [0.2, 0.25) is 0 Å². The number of carboxylic acids is 1. The normalized spacial score (nSPS) is 13.0. The zero-order chi connectivity index (χ0) is 21.8. The average Bonchev–Trinajstić information content (AvgIpc) is 2.59. The highest BCUT2D eigenvalue weighted by Crippen LogP contribution is 2.30. The molecule has 29 heavy (non-hydrogen) atoms. The number of nitrogens with one attached hydrogen (secondary N) is 1. The van der Waals surface area contributed by atoms with E-state index in [0.29, 0.717) is 15.8 Å². The van der Waals surface area contributed by atoms with Gasteiger partial charge in [-0.25, -0.2) is 13.1 Å². The van der Waals surface area contributed by atoms with Gasteiger partial charge in [-0.1, -0.05) is 6.07 Å². The van der Waals surface area contributed by atoms with Gasteiger partial charge >= 0.3 is 12.3 Å². The summed E-state index contributed by atoms with van der Waals surface area (Å²) < 4.78 is 73.4. The number of hydrogen-bond acceptors (Lipinski definition) is 5. The molecule has 2 aromatic carbocycles. The quantitative estimate of drug-likeness (QED) is 0.574. The molecule has 1 atom stereocenters. The lowest BCUT2D eigenvalue weighted by molar-refractivity contribution is -0.274. The maximum Gasteiger partial charge on any atom is 0.573 e. The van der Waals surface area contributed by atoms with Gasteiger partial charge in [-0.15, -0.1) is 13.2 Å². The van der Waals surface area contributed by atoms with E-state index in [-0.39, 0.29) is 4.90 Å². The van der Waals surface area contributed by atoms with Gasteiger partial charge in [0.25, 0.3) is 0 Å². The lowest BCUT2D eigenvalue weighted by Crippen LogP contribution is -2.30. The third kappa shape index (κ3) is 6.61. The molecule has 158 valence electrons. The number of carboxylic acid groups (broad SMARTS) is 1. The smallest absolute Gasteiger partial charge is 0.496 e. The first-order valence-corrected chi connectivity index (χ1v) is 10.1. The number of alkyl halides is 3. The van der Waals surface area contributed by atoms with E-state index in [9.17, 15) is 26.4 Å². The number of sulfonamides is 1. The first kappa shape index (κ1) is 23.0. The zero-order valence-corrected chi connectivity index (χ0v) is 17.1. The van der Waals surface area contributed by atoms with Crippen molar-refractivity contribution in [2.45, 2.75) is 23.7 Å². The van der Waals surface area contributed by atoms with Crippen LogP contribution in [0.3, 0.4) is 0 Å². The molecule has 0 aliphatic heterocycles. The van der Waals surface area contributed by atoms with Crippen LogP contribution in [0.5, 0.6) is 11.5 Å². The summed E-state index contributed by atoms with van der Waals surface area (Å²) in [6, 6.07) is 6.94. The predicted octanol–water partition coefficient (Wildman–Crippen LogP) is 3.85. The van der Waals surface area contributed by atoms with E-state index in [0.717, 1.165) is 24.3 Å². The van der Waals surface area contributed by atoms with Crippen LogP contribution < -0.4 is 14.2 Å². The summed E-state index contributed by atoms with van der Waals surface area (Å²) in [6.07, 6.45) is -5.47. The van der Waals surface area contributed by atoms with E-state index >= 15 is 0 Å². The number of carbonyl (C=O) groups is 1. The van der Waals surface area contributed by atoms with E-state index in [4.69, 9.17) is 9.84 Å². The molecular weight excluding hydrogens is 483 g/mol. The SMILES string of the molecule is COc1ccc(C(CC(=O)O)NS(=O)(=O)c2ccc(OC(F)(F)F)cc2)cc1Br. The van der Waals surface area contributed by atoms with E-state index in [2.05, 4.69) is 25.4 Å². The summed E-state index contributed by atoms with van der Waals surface area (Å²) in [5.41, 5.74) is 0.348. The van der Waals surface area contributed by atoms with Crippen molar-refractivity contribution in [1.29, 1.82) is 0 Å². The topological polar surface area (TPSA) is 102 Å². The molecular formula is C17H15BrF3NO6S. The van der Waals surface area contributed by atoms with Crippen LogP contribution in [0.4, 0.5) is 13.2 Å². The number of aliphatic carboxylic acids is 1. The maximum absolute atomic E-state index is 12.6. The summed E-state index contributed by atoms with van der Waals surface area (Å²) in [7, 11) is -2.81. The minimum Gasteiger partial charge on any atom is -0.496 e. The van der Waals surface area contributed by atoms with Crippen LogP contribution in [0.15, 0.2) is 51.8 Å². The standard InChI is InChI=1S/C17H15BrF3NO6S/c1-27-15-7-2-10(8-13(15)18)14(9-16(23)24)22-29(25,26)12-5-3-11(4-6-12)28-17(19,20)21/h2-8,14,22H,9H2,1H3,(H,23,24). The molecule has 0 radical (unpaired) electrons. The van der Waals surface area contributed by atoms with E-state index < -0.39 is 40.6 Å². The lowest BCUT2D eigenvalue weighted by Gasteiger charge is -2.19. The molecule has 2 N–H and O–H groups in total. The van der Waals surface area contributed by atoms with Crippen molar-refractivity contribution in [2.75, 3.05) is 7.11 Å². The highest BCUT2D eigenvalue weighted by atomic mass is 79.9. The number of hydrogen-bond donors (Lipinski definition) is 2. The third-order valence-corrected chi connectivity index (χ3v) is 5.73. The molecule has 2 aromatic rings. The molecule has 0 aromatic heterocycles. The Kier molecular flexibility index (Phi) is 7.14. The molecule has 0 amide bonds. The minimum absolute atomic E-state index is 0.348. The van der Waals surface area contributed by atoms with Crippen LogP contribution in [0, 0.1) is 0 Å². The van der Waals surface area contributed by atoms with E-state index in [1.165, 1.54) is 25.3 Å². The van der Waals surface area contributed by atoms with Crippen molar-refractivity contribution in [1.82, 2.24) is 4.72 Å². The molecule has 0 heterocycles. The van der Waals surface area contributed by atoms with Gasteiger partial charge in [-0.2, -0.15) is 0 Å². The second-order valence-electron chi connectivity index (χ2n) is 5.68. The zero-order valence-electron chi connectivity index (χ0n) is 14.7. The molecule has 0 aliphatic carbocycles. The Morgan fingerprint density at radius 2 is 1.83 bits per heavy atom. The molecule has 0 saturated carbocycles. The Bertz CT molecular complexity index is 980. The van der Waals surface area contributed by atoms with Gasteiger partial charge in [0.1, 0.15) is 11.5 Å². The fourth-order valence-corrected chi connectivity index (χ4v) is 4.16. The van der Waals surface area contributed by atoms with Crippen molar-refractivity contribution >= 4 is 31.9 Å². The Morgan fingerprint density at radius 1 is 1.21 bits per heavy atom.